The van der Waals surface area contributed by atoms with E-state index in [1.807, 2.05) is 0 Å². The molecule has 1 aromatic heterocycles. The summed E-state index contributed by atoms with van der Waals surface area (Å²) in [6.45, 7) is 0.896. The van der Waals surface area contributed by atoms with Crippen molar-refractivity contribution in [2.24, 2.45) is 0 Å². The van der Waals surface area contributed by atoms with Crippen LogP contribution >= 0.6 is 0 Å². The molecule has 1 aromatic rings. The quantitative estimate of drug-likeness (QED) is 0.500. The third-order valence-corrected chi connectivity index (χ3v) is 3.96. The average Bonchev–Trinajstić information content (AvgIpc) is 2.46. The number of carbonyl (C=O) groups excluding carboxylic acids is 1. The Morgan fingerprint density at radius 1 is 1.38 bits per heavy atom. The van der Waals surface area contributed by atoms with E-state index >= 15 is 0 Å². The molecular formula is C8H8LiNO5S. The summed E-state index contributed by atoms with van der Waals surface area (Å²) in [4.78, 5) is 10.4. The van der Waals surface area contributed by atoms with Crippen LogP contribution in [0.15, 0.2) is 21.6 Å². The van der Waals surface area contributed by atoms with Gasteiger partial charge in [-0.25, -0.2) is 8.42 Å². The van der Waals surface area contributed by atoms with E-state index in [-0.39, 0.29) is 24.0 Å². The summed E-state index contributed by atoms with van der Waals surface area (Å²) in [7, 11) is -3.64. The number of carboxylic acids is 1. The number of nitrogens with zero attached hydrogens (tertiary/aromatic N) is 1. The molecule has 2 heterocycles. The first-order chi connectivity index (χ1) is 7.01. The maximum Gasteiger partial charge on any atom is 1.00 e. The smallest absolute Gasteiger partial charge is 0.542 e. The van der Waals surface area contributed by atoms with Gasteiger partial charge in [-0.2, -0.15) is 4.31 Å². The molecule has 0 N–H and O–H groups in total. The fraction of sp³-hybridized carbons (Fsp3) is 0.375. The van der Waals surface area contributed by atoms with E-state index < -0.39 is 21.8 Å². The Kier molecular flexibility index (Phi) is 3.86. The summed E-state index contributed by atoms with van der Waals surface area (Å²) in [5.74, 6) is -2.01. The molecule has 2 rings (SSSR count). The molecule has 1 aliphatic rings. The molecule has 0 amide bonds. The van der Waals surface area contributed by atoms with E-state index in [1.165, 1.54) is 4.31 Å². The Morgan fingerprint density at radius 3 is 2.38 bits per heavy atom. The van der Waals surface area contributed by atoms with Gasteiger partial charge in [0, 0.05) is 13.1 Å². The molecule has 8 heteroatoms. The van der Waals surface area contributed by atoms with Crippen LogP contribution in [0.25, 0.3) is 0 Å². The maximum absolute atomic E-state index is 11.7. The predicted molar refractivity (Wildman–Crippen MR) is 46.4 cm³/mol. The van der Waals surface area contributed by atoms with Crippen molar-refractivity contribution in [2.45, 2.75) is 11.5 Å². The summed E-state index contributed by atoms with van der Waals surface area (Å²) in [6.07, 6.45) is 0.813. The molecule has 16 heavy (non-hydrogen) atoms. The van der Waals surface area contributed by atoms with Gasteiger partial charge in [0.25, 0.3) is 10.0 Å². The van der Waals surface area contributed by atoms with Crippen LogP contribution in [0, 0.1) is 0 Å². The fourth-order valence-electron chi connectivity index (χ4n) is 1.22. The molecule has 1 saturated heterocycles. The van der Waals surface area contributed by atoms with E-state index in [9.17, 15) is 18.3 Å². The molecule has 82 valence electrons. The first kappa shape index (κ1) is 13.3. The Labute approximate surface area is 104 Å². The van der Waals surface area contributed by atoms with Crippen molar-refractivity contribution in [1.82, 2.24) is 4.31 Å². The topological polar surface area (TPSA) is 90.6 Å². The van der Waals surface area contributed by atoms with Crippen LogP contribution in [0.5, 0.6) is 0 Å². The van der Waals surface area contributed by atoms with Gasteiger partial charge in [-0.05, 0) is 18.6 Å². The average molecular weight is 237 g/mol. The molecule has 0 bridgehead atoms. The van der Waals surface area contributed by atoms with Gasteiger partial charge in [-0.3, -0.25) is 0 Å². The molecule has 0 saturated carbocycles. The molecule has 0 spiro atoms. The van der Waals surface area contributed by atoms with Crippen LogP contribution in [-0.4, -0.2) is 31.8 Å². The van der Waals surface area contributed by atoms with Crippen molar-refractivity contribution in [3.8, 4) is 0 Å². The van der Waals surface area contributed by atoms with Crippen molar-refractivity contribution in [3.63, 3.8) is 0 Å². The maximum atomic E-state index is 11.7. The summed E-state index contributed by atoms with van der Waals surface area (Å²) in [6, 6.07) is 2.20. The molecule has 0 unspecified atom stereocenters. The third-order valence-electron chi connectivity index (χ3n) is 2.19. The van der Waals surface area contributed by atoms with E-state index in [0.29, 0.717) is 13.1 Å². The molecule has 0 radical (unpaired) electrons. The van der Waals surface area contributed by atoms with Crippen LogP contribution < -0.4 is 24.0 Å². The number of hydrogen-bond acceptors (Lipinski definition) is 5. The number of rotatable bonds is 3. The normalized spacial score (nSPS) is 16.2. The minimum Gasteiger partial charge on any atom is -0.542 e. The zero-order valence-electron chi connectivity index (χ0n) is 8.67. The Morgan fingerprint density at radius 2 is 2.00 bits per heavy atom. The second kappa shape index (κ2) is 4.63. The van der Waals surface area contributed by atoms with Crippen LogP contribution in [0.3, 0.4) is 0 Å². The molecule has 6 nitrogen and oxygen atoms in total. The van der Waals surface area contributed by atoms with Gasteiger partial charge in [-0.1, -0.05) is 0 Å². The summed E-state index contributed by atoms with van der Waals surface area (Å²) in [5, 5.41) is 10.0. The van der Waals surface area contributed by atoms with Gasteiger partial charge in [0.1, 0.15) is 5.97 Å². The van der Waals surface area contributed by atoms with Crippen molar-refractivity contribution in [1.29, 1.82) is 0 Å². The number of hydrogen-bond donors (Lipinski definition) is 0. The first-order valence-corrected chi connectivity index (χ1v) is 5.77. The van der Waals surface area contributed by atoms with Crippen molar-refractivity contribution >= 4 is 16.0 Å². The van der Waals surface area contributed by atoms with Crippen molar-refractivity contribution < 1.29 is 41.6 Å². The van der Waals surface area contributed by atoms with Crippen LogP contribution in [0.4, 0.5) is 0 Å². The van der Waals surface area contributed by atoms with Gasteiger partial charge in [0.2, 0.25) is 5.09 Å². The van der Waals surface area contributed by atoms with Gasteiger partial charge in [0.15, 0.2) is 5.76 Å². The van der Waals surface area contributed by atoms with E-state index in [0.717, 1.165) is 18.6 Å². The zero-order valence-corrected chi connectivity index (χ0v) is 9.49. The molecule has 0 aliphatic carbocycles. The predicted octanol–water partition coefficient (Wildman–Crippen LogP) is -3.96. The largest absolute Gasteiger partial charge is 1.00 e. The molecule has 1 aliphatic heterocycles. The summed E-state index contributed by atoms with van der Waals surface area (Å²) in [5.41, 5.74) is 0. The van der Waals surface area contributed by atoms with Gasteiger partial charge in [-0.15, -0.1) is 0 Å². The van der Waals surface area contributed by atoms with Gasteiger partial charge in [0.05, 0.1) is 0 Å². The monoisotopic (exact) mass is 237 g/mol. The van der Waals surface area contributed by atoms with Gasteiger partial charge < -0.3 is 14.3 Å². The summed E-state index contributed by atoms with van der Waals surface area (Å²) >= 11 is 0. The Balaban J connectivity index is 0.00000128. The number of carbonyl (C=O) groups is 1. The van der Waals surface area contributed by atoms with E-state index in [2.05, 4.69) is 4.42 Å². The third kappa shape index (κ3) is 2.18. The molecule has 0 atom stereocenters. The van der Waals surface area contributed by atoms with Crippen LogP contribution in [-0.2, 0) is 10.0 Å². The molecule has 1 fully saturated rings. The van der Waals surface area contributed by atoms with Crippen molar-refractivity contribution in [3.05, 3.63) is 17.9 Å². The van der Waals surface area contributed by atoms with Gasteiger partial charge >= 0.3 is 18.9 Å². The van der Waals surface area contributed by atoms with Crippen LogP contribution in [0.1, 0.15) is 17.0 Å². The molecule has 0 aromatic carbocycles. The summed E-state index contributed by atoms with van der Waals surface area (Å²) < 4.78 is 29.2. The standard InChI is InChI=1S/C8H9NO5S.Li/c10-8(11)6-2-3-7(14-6)15(12,13)9-4-1-5-9;/h2-3H,1,4-5H2,(H,10,11);/q;+1/p-1. The van der Waals surface area contributed by atoms with Crippen LogP contribution in [0.2, 0.25) is 0 Å². The number of furan rings is 1. The number of aromatic carboxylic acids is 1. The first-order valence-electron chi connectivity index (χ1n) is 4.33. The second-order valence-electron chi connectivity index (χ2n) is 3.16. The zero-order chi connectivity index (χ0) is 11.1. The molecular weight excluding hydrogens is 229 g/mol. The minimum absolute atomic E-state index is 0. The Bertz CT molecular complexity index is 490. The second-order valence-corrected chi connectivity index (χ2v) is 5.03. The van der Waals surface area contributed by atoms with Crippen molar-refractivity contribution in [2.75, 3.05) is 13.1 Å². The van der Waals surface area contributed by atoms with E-state index in [4.69, 9.17) is 0 Å². The minimum atomic E-state index is -3.64. The SMILES string of the molecule is O=C([O-])c1ccc(S(=O)(=O)N2CCC2)o1.[Li+]. The number of sulfonamides is 1. The fourth-order valence-corrected chi connectivity index (χ4v) is 2.65. The number of carboxylic acid groups (broad SMARTS) is 1. The Hall–Kier alpha value is -0.743. The van der Waals surface area contributed by atoms with E-state index in [1.54, 1.807) is 0 Å².